The van der Waals surface area contributed by atoms with Gasteiger partial charge in [0.25, 0.3) is 0 Å². The van der Waals surface area contributed by atoms with Crippen LogP contribution in [0, 0.1) is 28.6 Å². The Morgan fingerprint density at radius 2 is 1.94 bits per heavy atom. The predicted molar refractivity (Wildman–Crippen MR) is 114 cm³/mol. The lowest BCUT2D eigenvalue weighted by atomic mass is 9.78. The van der Waals surface area contributed by atoms with E-state index in [1.807, 2.05) is 18.2 Å². The number of rotatable bonds is 4. The van der Waals surface area contributed by atoms with Crippen LogP contribution in [-0.4, -0.2) is 22.9 Å². The molecule has 0 radical (unpaired) electrons. The van der Waals surface area contributed by atoms with Crippen molar-refractivity contribution in [3.63, 3.8) is 0 Å². The number of benzene rings is 2. The second-order valence-corrected chi connectivity index (χ2v) is 8.28. The van der Waals surface area contributed by atoms with Crippen molar-refractivity contribution in [2.24, 2.45) is 11.8 Å². The average molecular weight is 414 g/mol. The molecule has 0 amide bonds. The van der Waals surface area contributed by atoms with E-state index in [1.54, 1.807) is 0 Å². The third-order valence-corrected chi connectivity index (χ3v) is 5.68. The Balaban J connectivity index is 1.61. The molecule has 2 N–H and O–H groups in total. The molecular weight excluding hydrogens is 392 g/mol. The molecule has 2 atom stereocenters. The molecule has 2 unspecified atom stereocenters. The van der Waals surface area contributed by atoms with Crippen LogP contribution in [0.15, 0.2) is 42.5 Å². The Kier molecular flexibility index (Phi) is 4.63. The SMILES string of the molecule is CC(C)Cc1ccc(-c2[nH]nc3c2C(c2ccc4c(c2)OCO4)C(C#N)C(=N)O3)cc1. The number of aromatic nitrogens is 2. The molecule has 0 bridgehead atoms. The summed E-state index contributed by atoms with van der Waals surface area (Å²) >= 11 is 0. The summed E-state index contributed by atoms with van der Waals surface area (Å²) in [5, 5.41) is 25.5. The maximum atomic E-state index is 9.87. The lowest BCUT2D eigenvalue weighted by Gasteiger charge is -2.28. The molecule has 3 heterocycles. The number of hydrogen-bond acceptors (Lipinski definition) is 6. The molecule has 0 aliphatic carbocycles. The van der Waals surface area contributed by atoms with E-state index in [9.17, 15) is 5.26 Å². The standard InChI is InChI=1S/C24H22N4O3/c1-13(2)9-14-3-5-15(6-4-14)22-21-20(16-7-8-18-19(10-16)30-12-29-18)17(11-25)23(26)31-24(21)28-27-22/h3-8,10,13,17,20,26H,9,12H2,1-2H3,(H,27,28). The molecule has 7 heteroatoms. The Bertz CT molecular complexity index is 1190. The van der Waals surface area contributed by atoms with Crippen molar-refractivity contribution in [3.8, 4) is 34.7 Å². The summed E-state index contributed by atoms with van der Waals surface area (Å²) in [7, 11) is 0. The largest absolute Gasteiger partial charge is 0.454 e. The van der Waals surface area contributed by atoms with E-state index in [1.165, 1.54) is 5.56 Å². The first-order valence-corrected chi connectivity index (χ1v) is 10.3. The smallest absolute Gasteiger partial charge is 0.244 e. The van der Waals surface area contributed by atoms with Crippen LogP contribution in [0.5, 0.6) is 17.4 Å². The fraction of sp³-hybridized carbons (Fsp3) is 0.292. The normalized spacial score (nSPS) is 19.1. The minimum Gasteiger partial charge on any atom is -0.454 e. The lowest BCUT2D eigenvalue weighted by Crippen LogP contribution is -2.30. The molecule has 2 aliphatic heterocycles. The van der Waals surface area contributed by atoms with E-state index in [-0.39, 0.29) is 12.7 Å². The van der Waals surface area contributed by atoms with Gasteiger partial charge in [-0.3, -0.25) is 10.5 Å². The summed E-state index contributed by atoms with van der Waals surface area (Å²) in [6.07, 6.45) is 1.01. The van der Waals surface area contributed by atoms with Crippen molar-refractivity contribution >= 4 is 5.90 Å². The molecular formula is C24H22N4O3. The predicted octanol–water partition coefficient (Wildman–Crippen LogP) is 4.65. The summed E-state index contributed by atoms with van der Waals surface area (Å²) in [4.78, 5) is 0. The van der Waals surface area contributed by atoms with E-state index in [4.69, 9.17) is 19.6 Å². The highest BCUT2D eigenvalue weighted by Gasteiger charge is 2.41. The molecule has 2 aliphatic rings. The molecule has 0 saturated heterocycles. The highest BCUT2D eigenvalue weighted by Crippen LogP contribution is 2.47. The van der Waals surface area contributed by atoms with Crippen LogP contribution in [0.2, 0.25) is 0 Å². The topological polar surface area (TPSA) is 104 Å². The summed E-state index contributed by atoms with van der Waals surface area (Å²) in [5.74, 6) is 0.925. The number of ether oxygens (including phenoxy) is 3. The van der Waals surface area contributed by atoms with Gasteiger partial charge in [0, 0.05) is 5.92 Å². The van der Waals surface area contributed by atoms with Gasteiger partial charge in [0.2, 0.25) is 18.6 Å². The quantitative estimate of drug-likeness (QED) is 0.647. The zero-order chi connectivity index (χ0) is 21.5. The Morgan fingerprint density at radius 3 is 2.68 bits per heavy atom. The molecule has 7 nitrogen and oxygen atoms in total. The second kappa shape index (κ2) is 7.47. The fourth-order valence-corrected chi connectivity index (χ4v) is 4.28. The van der Waals surface area contributed by atoms with Gasteiger partial charge in [0.05, 0.1) is 17.3 Å². The van der Waals surface area contributed by atoms with Gasteiger partial charge in [-0.2, -0.15) is 5.26 Å². The fourth-order valence-electron chi connectivity index (χ4n) is 4.28. The number of H-pyrrole nitrogens is 1. The van der Waals surface area contributed by atoms with Crippen LogP contribution < -0.4 is 14.2 Å². The first-order valence-electron chi connectivity index (χ1n) is 10.3. The van der Waals surface area contributed by atoms with Gasteiger partial charge in [0.15, 0.2) is 11.5 Å². The molecule has 31 heavy (non-hydrogen) atoms. The van der Waals surface area contributed by atoms with Crippen molar-refractivity contribution in [2.75, 3.05) is 6.79 Å². The minimum atomic E-state index is -0.774. The molecule has 5 rings (SSSR count). The summed E-state index contributed by atoms with van der Waals surface area (Å²) in [5.41, 5.74) is 4.65. The van der Waals surface area contributed by atoms with Gasteiger partial charge < -0.3 is 14.2 Å². The zero-order valence-electron chi connectivity index (χ0n) is 17.3. The molecule has 0 spiro atoms. The van der Waals surface area contributed by atoms with Gasteiger partial charge in [-0.15, -0.1) is 5.10 Å². The highest BCUT2D eigenvalue weighted by molar-refractivity contribution is 5.86. The zero-order valence-corrected chi connectivity index (χ0v) is 17.3. The monoisotopic (exact) mass is 414 g/mol. The number of nitriles is 1. The van der Waals surface area contributed by atoms with E-state index in [2.05, 4.69) is 54.4 Å². The first-order chi connectivity index (χ1) is 15.0. The van der Waals surface area contributed by atoms with E-state index < -0.39 is 11.8 Å². The van der Waals surface area contributed by atoms with E-state index in [0.29, 0.717) is 23.3 Å². The van der Waals surface area contributed by atoms with Gasteiger partial charge >= 0.3 is 0 Å². The molecule has 3 aromatic rings. The van der Waals surface area contributed by atoms with Crippen LogP contribution in [0.3, 0.4) is 0 Å². The van der Waals surface area contributed by atoms with Gasteiger partial charge in [0.1, 0.15) is 5.92 Å². The maximum Gasteiger partial charge on any atom is 0.244 e. The number of fused-ring (bicyclic) bond motifs is 2. The average Bonchev–Trinajstić information content (AvgIpc) is 3.39. The van der Waals surface area contributed by atoms with Crippen molar-refractivity contribution in [1.82, 2.24) is 10.2 Å². The van der Waals surface area contributed by atoms with Crippen molar-refractivity contribution in [3.05, 3.63) is 59.2 Å². The van der Waals surface area contributed by atoms with E-state index >= 15 is 0 Å². The highest BCUT2D eigenvalue weighted by atomic mass is 16.7. The Hall–Kier alpha value is -3.79. The number of hydrogen-bond donors (Lipinski definition) is 2. The summed E-state index contributed by atoms with van der Waals surface area (Å²) < 4.78 is 16.6. The van der Waals surface area contributed by atoms with Gasteiger partial charge in [-0.25, -0.2) is 0 Å². The van der Waals surface area contributed by atoms with E-state index in [0.717, 1.165) is 28.8 Å². The third kappa shape index (κ3) is 3.30. The number of aromatic amines is 1. The summed E-state index contributed by atoms with van der Waals surface area (Å²) in [6.45, 7) is 4.57. The van der Waals surface area contributed by atoms with Gasteiger partial charge in [-0.1, -0.05) is 44.2 Å². The van der Waals surface area contributed by atoms with Crippen LogP contribution in [0.1, 0.15) is 36.5 Å². The third-order valence-electron chi connectivity index (χ3n) is 5.68. The molecule has 1 aromatic heterocycles. The minimum absolute atomic E-state index is 0.108. The maximum absolute atomic E-state index is 9.87. The van der Waals surface area contributed by atoms with Crippen LogP contribution in [0.25, 0.3) is 11.3 Å². The van der Waals surface area contributed by atoms with Crippen LogP contribution >= 0.6 is 0 Å². The molecule has 0 fully saturated rings. The van der Waals surface area contributed by atoms with Crippen molar-refractivity contribution < 1.29 is 14.2 Å². The lowest BCUT2D eigenvalue weighted by molar-refractivity contribution is 0.174. The van der Waals surface area contributed by atoms with Gasteiger partial charge in [-0.05, 0) is 41.2 Å². The number of nitrogens with one attached hydrogen (secondary N) is 2. The van der Waals surface area contributed by atoms with Crippen molar-refractivity contribution in [1.29, 1.82) is 10.7 Å². The Morgan fingerprint density at radius 1 is 1.16 bits per heavy atom. The van der Waals surface area contributed by atoms with Crippen LogP contribution in [0.4, 0.5) is 0 Å². The van der Waals surface area contributed by atoms with Crippen molar-refractivity contribution in [2.45, 2.75) is 26.2 Å². The molecule has 156 valence electrons. The molecule has 0 saturated carbocycles. The summed E-state index contributed by atoms with van der Waals surface area (Å²) in [6, 6.07) is 16.2. The first kappa shape index (κ1) is 19.2. The second-order valence-electron chi connectivity index (χ2n) is 8.28. The number of nitrogens with zero attached hydrogens (tertiary/aromatic N) is 2. The molecule has 2 aromatic carbocycles. The van der Waals surface area contributed by atoms with Crippen LogP contribution in [-0.2, 0) is 6.42 Å². The Labute approximate surface area is 180 Å².